The highest BCUT2D eigenvalue weighted by atomic mass is 19.1. The third-order valence-corrected chi connectivity index (χ3v) is 3.29. The van der Waals surface area contributed by atoms with E-state index in [1.165, 1.54) is 12.1 Å². The number of aryl methyl sites for hydroxylation is 1. The Morgan fingerprint density at radius 2 is 2.29 bits per heavy atom. The number of hydrogen-bond donors (Lipinski definition) is 1. The van der Waals surface area contributed by atoms with Gasteiger partial charge in [-0.05, 0) is 37.2 Å². The van der Waals surface area contributed by atoms with Gasteiger partial charge in [0.1, 0.15) is 5.82 Å². The van der Waals surface area contributed by atoms with Crippen LogP contribution in [0.3, 0.4) is 0 Å². The lowest BCUT2D eigenvalue weighted by molar-refractivity contribution is -0.0327. The van der Waals surface area contributed by atoms with Crippen LogP contribution in [0.1, 0.15) is 17.2 Å². The normalized spacial score (nSPS) is 23.6. The highest BCUT2D eigenvalue weighted by molar-refractivity contribution is 5.30. The Morgan fingerprint density at radius 3 is 2.94 bits per heavy atom. The molecular weight excluding hydrogens is 219 g/mol. The van der Waals surface area contributed by atoms with Crippen LogP contribution in [0.2, 0.25) is 0 Å². The van der Waals surface area contributed by atoms with Crippen LogP contribution in [0.15, 0.2) is 18.2 Å². The highest BCUT2D eigenvalue weighted by Crippen LogP contribution is 2.23. The molecular formula is C13H19FN2O. The molecule has 3 nitrogen and oxygen atoms in total. The maximum atomic E-state index is 13.0. The molecule has 1 aromatic rings. The number of nitrogens with zero attached hydrogens (tertiary/aromatic N) is 1. The van der Waals surface area contributed by atoms with E-state index >= 15 is 0 Å². The van der Waals surface area contributed by atoms with Gasteiger partial charge in [-0.1, -0.05) is 6.07 Å². The summed E-state index contributed by atoms with van der Waals surface area (Å²) in [6.07, 6.45) is -0.0158. The van der Waals surface area contributed by atoms with Crippen LogP contribution in [0.5, 0.6) is 0 Å². The summed E-state index contributed by atoms with van der Waals surface area (Å²) in [7, 11) is 2.06. The maximum absolute atomic E-state index is 13.0. The zero-order chi connectivity index (χ0) is 12.4. The summed E-state index contributed by atoms with van der Waals surface area (Å²) in [4.78, 5) is 2.20. The van der Waals surface area contributed by atoms with Crippen molar-refractivity contribution in [3.8, 4) is 0 Å². The summed E-state index contributed by atoms with van der Waals surface area (Å²) in [5.41, 5.74) is 8.06. The topological polar surface area (TPSA) is 38.5 Å². The van der Waals surface area contributed by atoms with E-state index in [2.05, 4.69) is 11.9 Å². The van der Waals surface area contributed by atoms with Crippen LogP contribution < -0.4 is 5.73 Å². The third kappa shape index (κ3) is 2.83. The first-order chi connectivity index (χ1) is 8.08. The third-order valence-electron chi connectivity index (χ3n) is 3.29. The zero-order valence-corrected chi connectivity index (χ0v) is 10.3. The van der Waals surface area contributed by atoms with Crippen LogP contribution in [-0.4, -0.2) is 37.7 Å². The van der Waals surface area contributed by atoms with Gasteiger partial charge in [0.05, 0.1) is 18.8 Å². The van der Waals surface area contributed by atoms with Crippen molar-refractivity contribution in [2.45, 2.75) is 19.1 Å². The molecule has 1 aliphatic rings. The van der Waals surface area contributed by atoms with Gasteiger partial charge in [0, 0.05) is 13.1 Å². The van der Waals surface area contributed by atoms with Crippen molar-refractivity contribution in [1.29, 1.82) is 0 Å². The first-order valence-electron chi connectivity index (χ1n) is 5.89. The van der Waals surface area contributed by atoms with E-state index in [0.717, 1.165) is 24.2 Å². The van der Waals surface area contributed by atoms with E-state index in [-0.39, 0.29) is 18.0 Å². The van der Waals surface area contributed by atoms with Gasteiger partial charge in [-0.3, -0.25) is 0 Å². The van der Waals surface area contributed by atoms with Crippen LogP contribution in [-0.2, 0) is 4.74 Å². The average molecular weight is 238 g/mol. The number of rotatable bonds is 2. The lowest BCUT2D eigenvalue weighted by Gasteiger charge is -2.34. The second-order valence-electron chi connectivity index (χ2n) is 4.70. The van der Waals surface area contributed by atoms with E-state index in [0.29, 0.717) is 6.61 Å². The van der Waals surface area contributed by atoms with E-state index in [1.54, 1.807) is 6.07 Å². The minimum Gasteiger partial charge on any atom is -0.374 e. The molecule has 1 saturated heterocycles. The Labute approximate surface area is 101 Å². The number of morpholine rings is 1. The fraction of sp³-hybridized carbons (Fsp3) is 0.538. The first-order valence-corrected chi connectivity index (χ1v) is 5.89. The molecule has 2 unspecified atom stereocenters. The average Bonchev–Trinajstić information content (AvgIpc) is 2.28. The molecule has 1 fully saturated rings. The lowest BCUT2D eigenvalue weighted by Crippen LogP contribution is -2.45. The summed E-state index contributed by atoms with van der Waals surface area (Å²) in [6.45, 7) is 4.34. The molecule has 2 rings (SSSR count). The Kier molecular flexibility index (Phi) is 3.76. The molecule has 0 radical (unpaired) electrons. The SMILES string of the molecule is Cc1cc(F)ccc1C(N)C1CN(C)CCO1. The molecule has 0 saturated carbocycles. The van der Waals surface area contributed by atoms with Gasteiger partial charge in [-0.2, -0.15) is 0 Å². The van der Waals surface area contributed by atoms with Crippen LogP contribution in [0.4, 0.5) is 4.39 Å². The van der Waals surface area contributed by atoms with Crippen molar-refractivity contribution in [2.75, 3.05) is 26.7 Å². The van der Waals surface area contributed by atoms with E-state index < -0.39 is 0 Å². The van der Waals surface area contributed by atoms with E-state index in [1.807, 2.05) is 6.92 Å². The molecule has 1 aliphatic heterocycles. The van der Waals surface area contributed by atoms with E-state index in [9.17, 15) is 4.39 Å². The molecule has 0 aliphatic carbocycles. The van der Waals surface area contributed by atoms with Gasteiger partial charge in [0.15, 0.2) is 0 Å². The number of likely N-dealkylation sites (N-methyl/N-ethyl adjacent to an activating group) is 1. The van der Waals surface area contributed by atoms with Crippen molar-refractivity contribution in [2.24, 2.45) is 5.73 Å². The summed E-state index contributed by atoms with van der Waals surface area (Å²) in [6, 6.07) is 4.53. The van der Waals surface area contributed by atoms with Gasteiger partial charge in [0.25, 0.3) is 0 Å². The molecule has 4 heteroatoms. The van der Waals surface area contributed by atoms with Crippen LogP contribution in [0, 0.1) is 12.7 Å². The molecule has 94 valence electrons. The van der Waals surface area contributed by atoms with Crippen molar-refractivity contribution in [1.82, 2.24) is 4.90 Å². The lowest BCUT2D eigenvalue weighted by atomic mass is 9.96. The van der Waals surface area contributed by atoms with Gasteiger partial charge in [-0.15, -0.1) is 0 Å². The van der Waals surface area contributed by atoms with Crippen LogP contribution >= 0.6 is 0 Å². The minimum atomic E-state index is -0.222. The molecule has 0 amide bonds. The molecule has 2 N–H and O–H groups in total. The summed E-state index contributed by atoms with van der Waals surface area (Å²) in [5.74, 6) is -0.222. The second-order valence-corrected chi connectivity index (χ2v) is 4.70. The monoisotopic (exact) mass is 238 g/mol. The molecule has 0 bridgehead atoms. The minimum absolute atomic E-state index is 0.0158. The summed E-state index contributed by atoms with van der Waals surface area (Å²) < 4.78 is 18.7. The summed E-state index contributed by atoms with van der Waals surface area (Å²) >= 11 is 0. The zero-order valence-electron chi connectivity index (χ0n) is 10.3. The molecule has 2 atom stereocenters. The molecule has 1 aromatic carbocycles. The first kappa shape index (κ1) is 12.5. The molecule has 17 heavy (non-hydrogen) atoms. The van der Waals surface area contributed by atoms with Crippen molar-refractivity contribution in [3.63, 3.8) is 0 Å². The predicted molar refractivity (Wildman–Crippen MR) is 65.3 cm³/mol. The summed E-state index contributed by atoms with van der Waals surface area (Å²) in [5, 5.41) is 0. The van der Waals surface area contributed by atoms with Crippen molar-refractivity contribution >= 4 is 0 Å². The molecule has 1 heterocycles. The Morgan fingerprint density at radius 1 is 1.53 bits per heavy atom. The van der Waals surface area contributed by atoms with E-state index in [4.69, 9.17) is 10.5 Å². The number of hydrogen-bond acceptors (Lipinski definition) is 3. The number of benzene rings is 1. The van der Waals surface area contributed by atoms with Gasteiger partial charge in [0.2, 0.25) is 0 Å². The number of nitrogens with two attached hydrogens (primary N) is 1. The quantitative estimate of drug-likeness (QED) is 0.848. The van der Waals surface area contributed by atoms with Crippen molar-refractivity contribution in [3.05, 3.63) is 35.1 Å². The maximum Gasteiger partial charge on any atom is 0.123 e. The fourth-order valence-corrected chi connectivity index (χ4v) is 2.24. The molecule has 0 spiro atoms. The Hall–Kier alpha value is -0.970. The Balaban J connectivity index is 2.15. The van der Waals surface area contributed by atoms with Gasteiger partial charge in [-0.25, -0.2) is 4.39 Å². The number of halogens is 1. The second kappa shape index (κ2) is 5.12. The fourth-order valence-electron chi connectivity index (χ4n) is 2.24. The van der Waals surface area contributed by atoms with Gasteiger partial charge >= 0.3 is 0 Å². The highest BCUT2D eigenvalue weighted by Gasteiger charge is 2.26. The van der Waals surface area contributed by atoms with Crippen LogP contribution in [0.25, 0.3) is 0 Å². The smallest absolute Gasteiger partial charge is 0.123 e. The Bertz CT molecular complexity index is 397. The van der Waals surface area contributed by atoms with Gasteiger partial charge < -0.3 is 15.4 Å². The largest absolute Gasteiger partial charge is 0.374 e. The predicted octanol–water partition coefficient (Wildman–Crippen LogP) is 1.46. The number of ether oxygens (including phenoxy) is 1. The standard InChI is InChI=1S/C13H19FN2O/c1-9-7-10(14)3-4-11(9)13(15)12-8-16(2)5-6-17-12/h3-4,7,12-13H,5-6,8,15H2,1-2H3. The molecule has 0 aromatic heterocycles. The van der Waals surface area contributed by atoms with Crippen molar-refractivity contribution < 1.29 is 9.13 Å².